The van der Waals surface area contributed by atoms with Crippen molar-refractivity contribution in [1.29, 1.82) is 0 Å². The third-order valence-corrected chi connectivity index (χ3v) is 4.36. The molecule has 0 spiro atoms. The van der Waals surface area contributed by atoms with E-state index >= 15 is 0 Å². The Balaban J connectivity index is 2.06. The molecule has 0 bridgehead atoms. The third kappa shape index (κ3) is 2.49. The Morgan fingerprint density at radius 3 is 2.48 bits per heavy atom. The summed E-state index contributed by atoms with van der Waals surface area (Å²) in [5.74, 6) is -0.916. The first-order chi connectivity index (χ1) is 10.1. The number of carbonyl (C=O) groups is 1. The molecule has 1 aliphatic heterocycles. The number of hydrogen-bond acceptors (Lipinski definition) is 3. The first-order valence-electron chi connectivity index (χ1n) is 6.68. The lowest BCUT2D eigenvalue weighted by molar-refractivity contribution is 0.0697. The number of halogens is 1. The van der Waals surface area contributed by atoms with Crippen molar-refractivity contribution in [1.82, 2.24) is 0 Å². The standard InChI is InChI=1S/C16H15BrN2O2/c1-18-8-9-19(15-5-3-2-4-14(15)18)13-7-6-11(16(20)21)10-12(13)17/h2-7,10H,8-9H2,1H3,(H,20,21). The lowest BCUT2D eigenvalue weighted by Crippen LogP contribution is -2.36. The summed E-state index contributed by atoms with van der Waals surface area (Å²) in [5.41, 5.74) is 3.58. The zero-order chi connectivity index (χ0) is 15.0. The van der Waals surface area contributed by atoms with Gasteiger partial charge in [-0.3, -0.25) is 0 Å². The Labute approximate surface area is 131 Å². The van der Waals surface area contributed by atoms with Gasteiger partial charge >= 0.3 is 5.97 Å². The molecule has 0 radical (unpaired) electrons. The second-order valence-electron chi connectivity index (χ2n) is 5.03. The van der Waals surface area contributed by atoms with Gasteiger partial charge in [-0.1, -0.05) is 12.1 Å². The minimum absolute atomic E-state index is 0.285. The van der Waals surface area contributed by atoms with Crippen molar-refractivity contribution in [2.45, 2.75) is 0 Å². The average Bonchev–Trinajstić information content (AvgIpc) is 2.48. The van der Waals surface area contributed by atoms with Gasteiger partial charge in [-0.15, -0.1) is 0 Å². The Kier molecular flexibility index (Phi) is 3.59. The quantitative estimate of drug-likeness (QED) is 0.899. The molecule has 0 saturated heterocycles. The van der Waals surface area contributed by atoms with Crippen molar-refractivity contribution in [3.8, 4) is 0 Å². The van der Waals surface area contributed by atoms with Crippen LogP contribution in [-0.2, 0) is 0 Å². The van der Waals surface area contributed by atoms with E-state index in [0.29, 0.717) is 0 Å². The number of aromatic carboxylic acids is 1. The van der Waals surface area contributed by atoms with Gasteiger partial charge in [-0.05, 0) is 46.3 Å². The smallest absolute Gasteiger partial charge is 0.335 e. The van der Waals surface area contributed by atoms with Crippen molar-refractivity contribution >= 4 is 39.0 Å². The molecule has 0 aliphatic carbocycles. The number of anilines is 3. The number of hydrogen-bond donors (Lipinski definition) is 1. The van der Waals surface area contributed by atoms with E-state index in [2.05, 4.69) is 44.9 Å². The fourth-order valence-electron chi connectivity index (χ4n) is 2.62. The van der Waals surface area contributed by atoms with E-state index in [1.165, 1.54) is 5.69 Å². The number of para-hydroxylation sites is 2. The van der Waals surface area contributed by atoms with Gasteiger partial charge in [0, 0.05) is 24.6 Å². The number of carboxylic acids is 1. The molecule has 21 heavy (non-hydrogen) atoms. The van der Waals surface area contributed by atoms with Crippen LogP contribution in [0.15, 0.2) is 46.9 Å². The second kappa shape index (κ2) is 5.41. The van der Waals surface area contributed by atoms with E-state index in [0.717, 1.165) is 28.9 Å². The van der Waals surface area contributed by atoms with Gasteiger partial charge in [0.2, 0.25) is 0 Å². The molecular formula is C16H15BrN2O2. The maximum absolute atomic E-state index is 11.0. The minimum Gasteiger partial charge on any atom is -0.478 e. The van der Waals surface area contributed by atoms with E-state index in [1.807, 2.05) is 18.2 Å². The maximum Gasteiger partial charge on any atom is 0.335 e. The Hall–Kier alpha value is -2.01. The SMILES string of the molecule is CN1CCN(c2ccc(C(=O)O)cc2Br)c2ccccc21. The lowest BCUT2D eigenvalue weighted by Gasteiger charge is -2.37. The molecule has 0 amide bonds. The molecular weight excluding hydrogens is 332 g/mol. The first kappa shape index (κ1) is 13.9. The minimum atomic E-state index is -0.916. The van der Waals surface area contributed by atoms with Gasteiger partial charge in [0.05, 0.1) is 22.6 Å². The van der Waals surface area contributed by atoms with E-state index in [1.54, 1.807) is 12.1 Å². The van der Waals surface area contributed by atoms with Crippen molar-refractivity contribution in [3.63, 3.8) is 0 Å². The summed E-state index contributed by atoms with van der Waals surface area (Å²) < 4.78 is 0.793. The van der Waals surface area contributed by atoms with E-state index in [4.69, 9.17) is 5.11 Å². The summed E-state index contributed by atoms with van der Waals surface area (Å²) >= 11 is 3.50. The molecule has 0 unspecified atom stereocenters. The van der Waals surface area contributed by atoms with Crippen LogP contribution >= 0.6 is 15.9 Å². The molecule has 3 rings (SSSR count). The summed E-state index contributed by atoms with van der Waals surface area (Å²) in [6.07, 6.45) is 0. The molecule has 0 saturated carbocycles. The van der Waals surface area contributed by atoms with Crippen molar-refractivity contribution in [2.75, 3.05) is 29.9 Å². The number of fused-ring (bicyclic) bond motifs is 1. The highest BCUT2D eigenvalue weighted by Gasteiger charge is 2.22. The molecule has 0 atom stereocenters. The van der Waals surface area contributed by atoms with Gasteiger partial charge in [0.15, 0.2) is 0 Å². The van der Waals surface area contributed by atoms with Gasteiger partial charge < -0.3 is 14.9 Å². The van der Waals surface area contributed by atoms with Crippen LogP contribution in [0.3, 0.4) is 0 Å². The highest BCUT2D eigenvalue weighted by molar-refractivity contribution is 9.10. The fourth-order valence-corrected chi connectivity index (χ4v) is 3.21. The predicted molar refractivity (Wildman–Crippen MR) is 87.8 cm³/mol. The first-order valence-corrected chi connectivity index (χ1v) is 7.48. The summed E-state index contributed by atoms with van der Waals surface area (Å²) in [5, 5.41) is 9.06. The molecule has 1 N–H and O–H groups in total. The van der Waals surface area contributed by atoms with Crippen LogP contribution in [0.2, 0.25) is 0 Å². The van der Waals surface area contributed by atoms with Crippen LogP contribution in [0, 0.1) is 0 Å². The molecule has 108 valence electrons. The van der Waals surface area contributed by atoms with Crippen LogP contribution in [0.25, 0.3) is 0 Å². The largest absolute Gasteiger partial charge is 0.478 e. The number of carboxylic acid groups (broad SMARTS) is 1. The van der Waals surface area contributed by atoms with Crippen LogP contribution in [0.5, 0.6) is 0 Å². The Bertz CT molecular complexity index is 702. The Morgan fingerprint density at radius 1 is 1.10 bits per heavy atom. The zero-order valence-electron chi connectivity index (χ0n) is 11.6. The molecule has 2 aromatic rings. The van der Waals surface area contributed by atoms with Crippen LogP contribution < -0.4 is 9.80 Å². The number of nitrogens with zero attached hydrogens (tertiary/aromatic N) is 2. The predicted octanol–water partition coefficient (Wildman–Crippen LogP) is 3.74. The van der Waals surface area contributed by atoms with Crippen molar-refractivity contribution in [3.05, 3.63) is 52.5 Å². The highest BCUT2D eigenvalue weighted by Crippen LogP contribution is 2.39. The number of likely N-dealkylation sites (N-methyl/N-ethyl adjacent to an activating group) is 1. The van der Waals surface area contributed by atoms with Gasteiger partial charge in [0.25, 0.3) is 0 Å². The molecule has 5 heteroatoms. The van der Waals surface area contributed by atoms with Crippen molar-refractivity contribution in [2.24, 2.45) is 0 Å². The average molecular weight is 347 g/mol. The van der Waals surface area contributed by atoms with E-state index in [-0.39, 0.29) is 5.56 Å². The van der Waals surface area contributed by atoms with Crippen LogP contribution in [-0.4, -0.2) is 31.2 Å². The third-order valence-electron chi connectivity index (χ3n) is 3.73. The van der Waals surface area contributed by atoms with E-state index < -0.39 is 5.97 Å². The number of benzene rings is 2. The molecule has 1 aliphatic rings. The summed E-state index contributed by atoms with van der Waals surface area (Å²) in [7, 11) is 2.08. The van der Waals surface area contributed by atoms with Gasteiger partial charge in [-0.25, -0.2) is 4.79 Å². The maximum atomic E-state index is 11.0. The lowest BCUT2D eigenvalue weighted by atomic mass is 10.1. The Morgan fingerprint density at radius 2 is 1.81 bits per heavy atom. The van der Waals surface area contributed by atoms with Crippen molar-refractivity contribution < 1.29 is 9.90 Å². The van der Waals surface area contributed by atoms with Crippen LogP contribution in [0.4, 0.5) is 17.1 Å². The molecule has 1 heterocycles. The molecule has 0 fully saturated rings. The van der Waals surface area contributed by atoms with Crippen LogP contribution in [0.1, 0.15) is 10.4 Å². The summed E-state index contributed by atoms with van der Waals surface area (Å²) in [6, 6.07) is 13.4. The van der Waals surface area contributed by atoms with E-state index in [9.17, 15) is 4.79 Å². The van der Waals surface area contributed by atoms with Gasteiger partial charge in [-0.2, -0.15) is 0 Å². The van der Waals surface area contributed by atoms with Gasteiger partial charge in [0.1, 0.15) is 0 Å². The molecule has 0 aromatic heterocycles. The second-order valence-corrected chi connectivity index (χ2v) is 5.89. The summed E-state index contributed by atoms with van der Waals surface area (Å²) in [4.78, 5) is 15.5. The molecule has 2 aromatic carbocycles. The highest BCUT2D eigenvalue weighted by atomic mass is 79.9. The normalized spacial score (nSPS) is 14.0. The molecule has 4 nitrogen and oxygen atoms in total. The number of rotatable bonds is 2. The summed E-state index contributed by atoms with van der Waals surface area (Å²) in [6.45, 7) is 1.78. The topological polar surface area (TPSA) is 43.8 Å². The monoisotopic (exact) mass is 346 g/mol. The fraction of sp³-hybridized carbons (Fsp3) is 0.188. The zero-order valence-corrected chi connectivity index (χ0v) is 13.2.